The van der Waals surface area contributed by atoms with Crippen molar-refractivity contribution in [3.63, 3.8) is 0 Å². The lowest BCUT2D eigenvalue weighted by Crippen LogP contribution is -2.34. The molecule has 0 unspecified atom stereocenters. The maximum atomic E-state index is 8.30. The first kappa shape index (κ1) is 13.0. The molecule has 0 aliphatic rings. The zero-order valence-corrected chi connectivity index (χ0v) is 7.87. The smallest absolute Gasteiger partial charge is 0.269 e. The van der Waals surface area contributed by atoms with Gasteiger partial charge in [-0.3, -0.25) is 5.43 Å². The molecule has 0 saturated carbocycles. The fourth-order valence-electron chi connectivity index (χ4n) is 0.191. The zero-order valence-electron chi connectivity index (χ0n) is 6.24. The van der Waals surface area contributed by atoms with Crippen LogP contribution >= 0.6 is 24.4 Å². The van der Waals surface area contributed by atoms with E-state index in [0.717, 1.165) is 0 Å². The summed E-state index contributed by atoms with van der Waals surface area (Å²) < 4.78 is 0. The highest BCUT2D eigenvalue weighted by atomic mass is 32.1. The Balaban J connectivity index is 0. The van der Waals surface area contributed by atoms with Crippen molar-refractivity contribution in [2.45, 2.75) is 0 Å². The van der Waals surface area contributed by atoms with Crippen LogP contribution in [0.2, 0.25) is 0 Å². The first-order valence-electron chi connectivity index (χ1n) is 2.51. The first-order chi connectivity index (χ1) is 4.86. The fraction of sp³-hybridized carbons (Fsp3) is 0.500. The molecule has 11 heavy (non-hydrogen) atoms. The molecular formula is C4H11N3O2S2. The van der Waals surface area contributed by atoms with Crippen molar-refractivity contribution in [1.29, 1.82) is 0 Å². The first-order valence-corrected chi connectivity index (χ1v) is 3.33. The molecule has 0 saturated heterocycles. The van der Waals surface area contributed by atoms with E-state index in [1.54, 1.807) is 19.1 Å². The second kappa shape index (κ2) is 7.45. The minimum absolute atomic E-state index is 0.204. The third-order valence-corrected chi connectivity index (χ3v) is 0.411. The molecule has 66 valence electrons. The molecule has 0 radical (unpaired) electrons. The Morgan fingerprint density at radius 1 is 1.36 bits per heavy atom. The van der Waals surface area contributed by atoms with Gasteiger partial charge in [-0.05, 0) is 24.4 Å². The van der Waals surface area contributed by atoms with E-state index >= 15 is 0 Å². The van der Waals surface area contributed by atoms with Crippen LogP contribution in [0.4, 0.5) is 0 Å². The summed E-state index contributed by atoms with van der Waals surface area (Å²) in [5, 5.41) is 16.7. The van der Waals surface area contributed by atoms with E-state index in [1.807, 2.05) is 0 Å². The third kappa shape index (κ3) is 45.1. The number of rotatable bonds is 1. The van der Waals surface area contributed by atoms with E-state index in [0.29, 0.717) is 0 Å². The van der Waals surface area contributed by atoms with Gasteiger partial charge in [0, 0.05) is 14.1 Å². The maximum Gasteiger partial charge on any atom is 0.269 e. The zero-order chi connectivity index (χ0) is 9.44. The average molecular weight is 197 g/mol. The van der Waals surface area contributed by atoms with Gasteiger partial charge in [0.25, 0.3) is 10.3 Å². The Hall–Kier alpha value is -0.660. The highest BCUT2D eigenvalue weighted by Crippen LogP contribution is 1.63. The van der Waals surface area contributed by atoms with E-state index in [2.05, 4.69) is 35.6 Å². The molecule has 0 spiro atoms. The molecule has 0 rings (SSSR count). The van der Waals surface area contributed by atoms with Crippen molar-refractivity contribution in [3.8, 4) is 0 Å². The number of hydrazine groups is 1. The lowest BCUT2D eigenvalue weighted by molar-refractivity contribution is 0.329. The molecule has 0 fully saturated rings. The highest BCUT2D eigenvalue weighted by Gasteiger charge is 1.85. The van der Waals surface area contributed by atoms with E-state index in [9.17, 15) is 0 Å². The summed E-state index contributed by atoms with van der Waals surface area (Å²) in [5.41, 5.74) is 6.82. The van der Waals surface area contributed by atoms with Crippen LogP contribution in [0.3, 0.4) is 0 Å². The van der Waals surface area contributed by atoms with Crippen LogP contribution in [0.5, 0.6) is 0 Å². The molecular weight excluding hydrogens is 186 g/mol. The van der Waals surface area contributed by atoms with Crippen molar-refractivity contribution in [2.24, 2.45) is 5.73 Å². The predicted octanol–water partition coefficient (Wildman–Crippen LogP) is -0.316. The van der Waals surface area contributed by atoms with Gasteiger partial charge in [-0.15, -0.1) is 0 Å². The maximum absolute atomic E-state index is 8.30. The van der Waals surface area contributed by atoms with Crippen molar-refractivity contribution < 1.29 is 10.2 Å². The summed E-state index contributed by atoms with van der Waals surface area (Å²) in [4.78, 5) is 0. The lowest BCUT2D eigenvalue weighted by atomic mass is 11.1. The number of hydrogen-bond donors (Lipinski definition) is 4. The van der Waals surface area contributed by atoms with Gasteiger partial charge in [0.2, 0.25) is 0 Å². The average Bonchev–Trinajstić information content (AvgIpc) is 1.56. The Morgan fingerprint density at radius 2 is 1.64 bits per heavy atom. The number of nitrogens with one attached hydrogen (secondary N) is 1. The second-order valence-electron chi connectivity index (χ2n) is 1.65. The minimum atomic E-state index is -0.500. The summed E-state index contributed by atoms with van der Waals surface area (Å²) in [6.07, 6.45) is 0. The van der Waals surface area contributed by atoms with Crippen molar-refractivity contribution in [2.75, 3.05) is 14.1 Å². The van der Waals surface area contributed by atoms with Crippen LogP contribution in [0.15, 0.2) is 0 Å². The summed E-state index contributed by atoms with van der Waals surface area (Å²) in [5.74, 6) is 0. The molecule has 0 heterocycles. The normalized spacial score (nSPS) is 7.91. The largest absolute Gasteiger partial charge is 0.487 e. The number of aliphatic hydroxyl groups excluding tert-OH is 2. The van der Waals surface area contributed by atoms with E-state index in [1.165, 1.54) is 0 Å². The predicted molar refractivity (Wildman–Crippen MR) is 51.5 cm³/mol. The Labute approximate surface area is 75.8 Å². The van der Waals surface area contributed by atoms with Crippen LogP contribution in [-0.4, -0.2) is 39.7 Å². The van der Waals surface area contributed by atoms with E-state index in [-0.39, 0.29) is 5.17 Å². The number of aliphatic hydroxyl groups is 2. The monoisotopic (exact) mass is 197 g/mol. The van der Waals surface area contributed by atoms with Crippen molar-refractivity contribution >= 4 is 34.8 Å². The molecule has 7 heteroatoms. The molecule has 5 nitrogen and oxygen atoms in total. The van der Waals surface area contributed by atoms with Gasteiger partial charge in [0.05, 0.1) is 0 Å². The Morgan fingerprint density at radius 3 is 1.64 bits per heavy atom. The van der Waals surface area contributed by atoms with Crippen molar-refractivity contribution in [1.82, 2.24) is 10.4 Å². The van der Waals surface area contributed by atoms with Crippen LogP contribution in [-0.2, 0) is 0 Å². The number of nitrogens with zero attached hydrogens (tertiary/aromatic N) is 1. The van der Waals surface area contributed by atoms with Gasteiger partial charge in [0.15, 0.2) is 0 Å². The molecule has 5 N–H and O–H groups in total. The van der Waals surface area contributed by atoms with Gasteiger partial charge < -0.3 is 15.9 Å². The van der Waals surface area contributed by atoms with Crippen LogP contribution in [0.25, 0.3) is 0 Å². The van der Waals surface area contributed by atoms with Gasteiger partial charge in [0.1, 0.15) is 0 Å². The lowest BCUT2D eigenvalue weighted by Gasteiger charge is -2.08. The molecule has 0 aliphatic carbocycles. The molecule has 0 aliphatic heterocycles. The fourth-order valence-corrected chi connectivity index (χ4v) is 0.374. The van der Waals surface area contributed by atoms with Gasteiger partial charge in [-0.2, -0.15) is 0 Å². The van der Waals surface area contributed by atoms with Crippen LogP contribution in [0, 0.1) is 0 Å². The molecule has 0 aromatic carbocycles. The van der Waals surface area contributed by atoms with Crippen molar-refractivity contribution in [3.05, 3.63) is 0 Å². The number of nitrogens with two attached hydrogens (primary N) is 1. The highest BCUT2D eigenvalue weighted by molar-refractivity contribution is 7.80. The number of hydrogen-bond acceptors (Lipinski definition) is 3. The standard InChI is InChI=1S/C3H8N2OS.CH3NOS/c1-5(2)4-3(6)7;2-1(3)4/h1-2H3,(H2,4,6,7);(H3,2,3,4). The molecule has 0 atom stereocenters. The molecule has 0 bridgehead atoms. The Kier molecular flexibility index (Phi) is 8.78. The summed E-state index contributed by atoms with van der Waals surface area (Å²) in [6, 6.07) is 0. The SMILES string of the molecule is CN(C)NC(O)=S.NC(O)=S. The van der Waals surface area contributed by atoms with Crippen LogP contribution < -0.4 is 11.2 Å². The number of thiocarbonyl (C=S) groups is 2. The topological polar surface area (TPSA) is 81.8 Å². The van der Waals surface area contributed by atoms with Gasteiger partial charge >= 0.3 is 0 Å². The van der Waals surface area contributed by atoms with E-state index in [4.69, 9.17) is 10.2 Å². The van der Waals surface area contributed by atoms with Crippen LogP contribution in [0.1, 0.15) is 0 Å². The Bertz CT molecular complexity index is 135. The quantitative estimate of drug-likeness (QED) is 0.339. The summed E-state index contributed by atoms with van der Waals surface area (Å²) in [6.45, 7) is 0. The van der Waals surface area contributed by atoms with Gasteiger partial charge in [-0.25, -0.2) is 5.01 Å². The molecule has 0 aromatic rings. The third-order valence-electron chi connectivity index (χ3n) is 0.319. The summed E-state index contributed by atoms with van der Waals surface area (Å²) >= 11 is 8.14. The second-order valence-corrected chi connectivity index (χ2v) is 2.45. The molecule has 0 amide bonds. The van der Waals surface area contributed by atoms with E-state index < -0.39 is 5.17 Å². The minimum Gasteiger partial charge on any atom is -0.487 e. The molecule has 0 aromatic heterocycles. The van der Waals surface area contributed by atoms with Gasteiger partial charge in [-0.1, -0.05) is 0 Å². The summed E-state index contributed by atoms with van der Waals surface area (Å²) in [7, 11) is 3.48.